The summed E-state index contributed by atoms with van der Waals surface area (Å²) in [6, 6.07) is -0.781. The maximum Gasteiger partial charge on any atom is 0.366 e. The minimum Gasteiger partial charge on any atom is -0.465 e. The van der Waals surface area contributed by atoms with Crippen LogP contribution in [0.1, 0.15) is 129 Å². The Hall–Kier alpha value is -3.00. The van der Waals surface area contributed by atoms with Crippen molar-refractivity contribution >= 4 is 29.8 Å². The molecule has 4 heterocycles. The van der Waals surface area contributed by atoms with Crippen molar-refractivity contribution in [1.29, 1.82) is 0 Å². The number of amides is 1. The molecule has 6 unspecified atom stereocenters. The summed E-state index contributed by atoms with van der Waals surface area (Å²) in [5.74, 6) is -5.46. The van der Waals surface area contributed by atoms with Gasteiger partial charge in [-0.1, -0.05) is 69.2 Å². The van der Waals surface area contributed by atoms with E-state index in [9.17, 15) is 33.5 Å². The lowest BCUT2D eigenvalue weighted by Crippen LogP contribution is -2.63. The van der Waals surface area contributed by atoms with E-state index in [1.54, 1.807) is 6.92 Å². The summed E-state index contributed by atoms with van der Waals surface area (Å²) in [6.45, 7) is 24.3. The Morgan fingerprint density at radius 2 is 1.38 bits per heavy atom. The molecule has 0 radical (unpaired) electrons. The maximum absolute atomic E-state index is 13.7. The zero-order valence-corrected chi connectivity index (χ0v) is 40.7. The van der Waals surface area contributed by atoms with Gasteiger partial charge in [-0.15, -0.1) is 0 Å². The Bertz CT molecular complexity index is 1540. The molecule has 0 aromatic rings. The number of aliphatic hydroxyl groups is 1. The van der Waals surface area contributed by atoms with Gasteiger partial charge in [-0.25, -0.2) is 9.18 Å². The maximum atomic E-state index is 13.7. The third-order valence-corrected chi connectivity index (χ3v) is 13.7. The Kier molecular flexibility index (Phi) is 21.3. The van der Waals surface area contributed by atoms with Gasteiger partial charge in [0.25, 0.3) is 5.79 Å². The number of alkyl halides is 1. The monoisotopic (exact) mass is 920 g/mol. The second-order valence-electron chi connectivity index (χ2n) is 18.4. The fraction of sp³-hybridized carbons (Fsp3) is 0.891. The summed E-state index contributed by atoms with van der Waals surface area (Å²) >= 11 is 0. The second kappa shape index (κ2) is 24.7. The van der Waals surface area contributed by atoms with Gasteiger partial charge in [0.05, 0.1) is 44.2 Å². The lowest BCUT2D eigenvalue weighted by atomic mass is 9.78. The van der Waals surface area contributed by atoms with Crippen LogP contribution in [-0.2, 0) is 71.3 Å². The number of carbonyl (C=O) groups excluding carboxylic acids is 5. The molecular weight excluding hydrogens is 841 g/mol. The van der Waals surface area contributed by atoms with Crippen LogP contribution >= 0.6 is 0 Å². The highest BCUT2D eigenvalue weighted by Crippen LogP contribution is 2.43. The molecule has 0 aromatic heterocycles. The van der Waals surface area contributed by atoms with Crippen molar-refractivity contribution in [2.45, 2.75) is 209 Å². The summed E-state index contributed by atoms with van der Waals surface area (Å²) in [6.07, 6.45) is -6.68. The van der Waals surface area contributed by atoms with E-state index in [2.05, 4.69) is 19.2 Å². The van der Waals surface area contributed by atoms with E-state index in [1.807, 2.05) is 48.5 Å². The minimum atomic E-state index is -1.96. The van der Waals surface area contributed by atoms with Crippen LogP contribution < -0.4 is 5.32 Å². The van der Waals surface area contributed by atoms with Crippen molar-refractivity contribution < 1.29 is 80.8 Å². The molecule has 64 heavy (non-hydrogen) atoms. The highest BCUT2D eigenvalue weighted by atomic mass is 19.1. The first-order valence-corrected chi connectivity index (χ1v) is 23.1. The topological polar surface area (TPSA) is 210 Å². The molecule has 18 heteroatoms. The van der Waals surface area contributed by atoms with Gasteiger partial charge in [0, 0.05) is 52.4 Å². The van der Waals surface area contributed by atoms with Crippen molar-refractivity contribution in [3.05, 3.63) is 0 Å². The minimum absolute atomic E-state index is 0.0864. The van der Waals surface area contributed by atoms with Crippen LogP contribution in [0.25, 0.3) is 0 Å². The van der Waals surface area contributed by atoms with Gasteiger partial charge >= 0.3 is 23.9 Å². The summed E-state index contributed by atoms with van der Waals surface area (Å²) < 4.78 is 72.1. The number of halogens is 1. The number of hydrogen-bond acceptors (Lipinski definition) is 16. The van der Waals surface area contributed by atoms with E-state index >= 15 is 0 Å². The number of nitrogens with one attached hydrogen (secondary N) is 1. The summed E-state index contributed by atoms with van der Waals surface area (Å²) in [5.41, 5.74) is 0. The SMILES string of the molecule is CCC1O[C@@H](O)C(NC(C)=O)[C@@H](C)[C@@H]1O[C@@H]1OC(CO[C@]2(C(=O)OC)C[C@@H](C)[C@@H](C)C([C@H](OC(C)=O)[C@@H](CC)OC(C)=O)O2)[C@H](C)[C@H](C)C1OC(C)=O.CCC1O[C@H](F)C[C@@H](C)[C@@H]1C. The predicted molar refractivity (Wildman–Crippen MR) is 228 cm³/mol. The molecule has 370 valence electrons. The molecule has 0 bridgehead atoms. The first-order chi connectivity index (χ1) is 29.9. The smallest absolute Gasteiger partial charge is 0.366 e. The lowest BCUT2D eigenvalue weighted by Gasteiger charge is -2.50. The Balaban J connectivity index is 0.000000859. The van der Waals surface area contributed by atoms with E-state index in [1.165, 1.54) is 34.8 Å². The van der Waals surface area contributed by atoms with Crippen molar-refractivity contribution in [2.24, 2.45) is 41.4 Å². The molecule has 1 amide bonds. The Morgan fingerprint density at radius 3 is 1.91 bits per heavy atom. The van der Waals surface area contributed by atoms with Crippen LogP contribution in [-0.4, -0.2) is 128 Å². The summed E-state index contributed by atoms with van der Waals surface area (Å²) in [5, 5.41) is 13.4. The largest absolute Gasteiger partial charge is 0.465 e. The molecule has 17 nitrogen and oxygen atoms in total. The second-order valence-corrected chi connectivity index (χ2v) is 18.4. The first-order valence-electron chi connectivity index (χ1n) is 23.1. The molecule has 0 saturated carbocycles. The van der Waals surface area contributed by atoms with Crippen LogP contribution in [0.4, 0.5) is 4.39 Å². The van der Waals surface area contributed by atoms with Crippen LogP contribution in [0.5, 0.6) is 0 Å². The van der Waals surface area contributed by atoms with E-state index in [0.717, 1.165) is 6.42 Å². The normalized spacial score (nSPS) is 39.7. The van der Waals surface area contributed by atoms with E-state index in [-0.39, 0.29) is 48.7 Å². The average molecular weight is 920 g/mol. The highest BCUT2D eigenvalue weighted by Gasteiger charge is 2.57. The van der Waals surface area contributed by atoms with Gasteiger partial charge in [-0.05, 0) is 48.9 Å². The molecular formula is C46H78FNO16. The third kappa shape index (κ3) is 14.0. The molecule has 0 spiro atoms. The van der Waals surface area contributed by atoms with E-state index < -0.39 is 103 Å². The fourth-order valence-corrected chi connectivity index (χ4v) is 9.37. The van der Waals surface area contributed by atoms with Crippen LogP contribution in [0, 0.1) is 41.4 Å². The molecule has 4 saturated heterocycles. The van der Waals surface area contributed by atoms with Crippen molar-refractivity contribution in [3.8, 4) is 0 Å². The van der Waals surface area contributed by atoms with Crippen molar-refractivity contribution in [1.82, 2.24) is 5.32 Å². The quantitative estimate of drug-likeness (QED) is 0.153. The number of esters is 4. The number of ether oxygens (including phenoxy) is 10. The van der Waals surface area contributed by atoms with Crippen molar-refractivity contribution in [3.63, 3.8) is 0 Å². The van der Waals surface area contributed by atoms with Gasteiger partial charge in [-0.2, -0.15) is 0 Å². The van der Waals surface area contributed by atoms with Gasteiger partial charge < -0.3 is 57.8 Å². The van der Waals surface area contributed by atoms with Crippen LogP contribution in [0.2, 0.25) is 0 Å². The molecule has 20 atom stereocenters. The number of carbonyl (C=O) groups is 5. The molecule has 4 aliphatic rings. The van der Waals surface area contributed by atoms with Gasteiger partial charge in [-0.3, -0.25) is 19.2 Å². The zero-order chi connectivity index (χ0) is 48.4. The van der Waals surface area contributed by atoms with E-state index in [0.29, 0.717) is 31.1 Å². The Labute approximate surface area is 379 Å². The van der Waals surface area contributed by atoms with Crippen LogP contribution in [0.15, 0.2) is 0 Å². The molecule has 2 N–H and O–H groups in total. The van der Waals surface area contributed by atoms with Gasteiger partial charge in [0.1, 0.15) is 12.2 Å². The van der Waals surface area contributed by atoms with Gasteiger partial charge in [0.15, 0.2) is 31.1 Å². The fourth-order valence-electron chi connectivity index (χ4n) is 9.37. The molecule has 4 fully saturated rings. The standard InChI is InChI=1S/C37H61NO15.C9H17FO/c1-13-26-30(21(7)29(34(43)50-26)38-22(8)39)52-35-32(48-24(10)41)20(6)19(5)28(51-35)16-46-37(36(44)45-12)15-17(3)18(4)31(53-37)33(49-25(11)42)27(14-2)47-23(9)40;1-4-8-7(3)6(2)5-9(10)11-8/h17-21,26-35,43H,13-16H2,1-12H3,(H,38,39);6-9H,4-5H2,1-3H3/t17-,18-,19-,20+,21-,26?,27-,28?,29?,30+,31?,32?,33-,34-,35+,37-;6-,7+,8?,9+/m11/s1. The summed E-state index contributed by atoms with van der Waals surface area (Å²) in [4.78, 5) is 62.3. The molecule has 0 aromatic carbocycles. The summed E-state index contributed by atoms with van der Waals surface area (Å²) in [7, 11) is 1.21. The third-order valence-electron chi connectivity index (χ3n) is 13.7. The highest BCUT2D eigenvalue weighted by molar-refractivity contribution is 5.78. The van der Waals surface area contributed by atoms with E-state index in [4.69, 9.17) is 47.4 Å². The van der Waals surface area contributed by atoms with Crippen molar-refractivity contribution in [2.75, 3.05) is 13.7 Å². The average Bonchev–Trinajstić information content (AvgIpc) is 3.22. The number of aliphatic hydroxyl groups excluding tert-OH is 1. The number of hydrogen-bond donors (Lipinski definition) is 2. The number of rotatable bonds is 15. The lowest BCUT2D eigenvalue weighted by molar-refractivity contribution is -0.345. The number of methoxy groups -OCH3 is 1. The van der Waals surface area contributed by atoms with Crippen LogP contribution in [0.3, 0.4) is 0 Å². The first kappa shape index (κ1) is 55.3. The Morgan fingerprint density at radius 1 is 0.750 bits per heavy atom. The van der Waals surface area contributed by atoms with Gasteiger partial charge in [0.2, 0.25) is 5.91 Å². The zero-order valence-electron chi connectivity index (χ0n) is 40.7. The predicted octanol–water partition coefficient (Wildman–Crippen LogP) is 5.54. The molecule has 0 aliphatic carbocycles. The molecule has 4 aliphatic heterocycles. The molecule has 4 rings (SSSR count).